The first-order chi connectivity index (χ1) is 26.8. The topological polar surface area (TPSA) is 72.8 Å². The Balaban J connectivity index is 1.21. The van der Waals surface area contributed by atoms with Crippen molar-refractivity contribution in [2.24, 2.45) is 0 Å². The van der Waals surface area contributed by atoms with Gasteiger partial charge >= 0.3 is 0 Å². The number of aromatic nitrogens is 3. The molecule has 0 radical (unpaired) electrons. The summed E-state index contributed by atoms with van der Waals surface area (Å²) in [5.41, 5.74) is 11.6. The van der Waals surface area contributed by atoms with Crippen molar-refractivity contribution in [3.8, 4) is 28.6 Å². The van der Waals surface area contributed by atoms with E-state index in [1.807, 2.05) is 67.0 Å². The number of pyridine rings is 1. The first kappa shape index (κ1) is 29.0. The lowest BCUT2D eigenvalue weighted by Crippen LogP contribution is -2.04. The molecule has 0 saturated heterocycles. The molecule has 0 bridgehead atoms. The number of para-hydroxylation sites is 4. The average molecular weight is 691 g/mol. The Morgan fingerprint density at radius 2 is 0.963 bits per heavy atom. The Kier molecular flexibility index (Phi) is 5.75. The molecule has 7 aromatic carbocycles. The van der Waals surface area contributed by atoms with Crippen molar-refractivity contribution in [3.05, 3.63) is 164 Å². The van der Waals surface area contributed by atoms with Crippen LogP contribution in [-0.2, 0) is 0 Å². The maximum Gasteiger partial charge on any atom is 0.145 e. The van der Waals surface area contributed by atoms with E-state index in [4.69, 9.17) is 8.83 Å². The second-order valence-corrected chi connectivity index (χ2v) is 13.8. The van der Waals surface area contributed by atoms with Crippen molar-refractivity contribution in [2.75, 3.05) is 0 Å². The van der Waals surface area contributed by atoms with Gasteiger partial charge in [-0.05, 0) is 78.4 Å². The molecule has 250 valence electrons. The molecule has 0 aliphatic heterocycles. The van der Waals surface area contributed by atoms with Crippen LogP contribution in [0.2, 0.25) is 0 Å². The molecular formula is C48H26N4O2. The molecule has 0 amide bonds. The Morgan fingerprint density at radius 1 is 0.463 bits per heavy atom. The summed E-state index contributed by atoms with van der Waals surface area (Å²) >= 11 is 0. The summed E-state index contributed by atoms with van der Waals surface area (Å²) in [6.07, 6.45) is 3.64. The lowest BCUT2D eigenvalue weighted by Gasteiger charge is -2.18. The fraction of sp³-hybridized carbons (Fsp3) is 0. The van der Waals surface area contributed by atoms with E-state index in [0.717, 1.165) is 110 Å². The minimum Gasteiger partial charge on any atom is -0.455 e. The van der Waals surface area contributed by atoms with Gasteiger partial charge < -0.3 is 18.0 Å². The quantitative estimate of drug-likeness (QED) is 0.185. The second-order valence-electron chi connectivity index (χ2n) is 13.8. The number of fused-ring (bicyclic) bond motifs is 14. The van der Waals surface area contributed by atoms with E-state index in [-0.39, 0.29) is 0 Å². The van der Waals surface area contributed by atoms with Crippen LogP contribution in [0.4, 0.5) is 0 Å². The van der Waals surface area contributed by atoms with Crippen molar-refractivity contribution < 1.29 is 8.83 Å². The molecule has 0 aliphatic carbocycles. The summed E-state index contributed by atoms with van der Waals surface area (Å²) in [6.45, 7) is 0. The standard InChI is InChI=1S/C48H26N4O2/c49-27-29-25-42(52-38-14-6-2-12-35(38)46-40(52)20-18-33-31-10-4-8-16-44(31)54-48(33)46)36(28-21-23-50-24-22-28)26-41(29)51-37-13-5-1-11-34(37)45-39(51)19-17-32-30-9-3-7-15-43(30)53-47(32)45/h1-26H. The van der Waals surface area contributed by atoms with Crippen LogP contribution in [-0.4, -0.2) is 14.1 Å². The highest BCUT2D eigenvalue weighted by atomic mass is 16.3. The molecule has 0 N–H and O–H groups in total. The van der Waals surface area contributed by atoms with Crippen molar-refractivity contribution >= 4 is 87.5 Å². The van der Waals surface area contributed by atoms with Crippen molar-refractivity contribution in [1.29, 1.82) is 5.26 Å². The molecule has 0 saturated carbocycles. The molecule has 0 atom stereocenters. The van der Waals surface area contributed by atoms with Gasteiger partial charge in [-0.1, -0.05) is 72.8 Å². The van der Waals surface area contributed by atoms with Gasteiger partial charge in [0.25, 0.3) is 0 Å². The summed E-state index contributed by atoms with van der Waals surface area (Å²) in [6, 6.07) is 52.7. The third-order valence-electron chi connectivity index (χ3n) is 11.1. The van der Waals surface area contributed by atoms with Gasteiger partial charge in [-0.15, -0.1) is 0 Å². The lowest BCUT2D eigenvalue weighted by molar-refractivity contribution is 0.672. The van der Waals surface area contributed by atoms with E-state index in [1.54, 1.807) is 0 Å². The van der Waals surface area contributed by atoms with Gasteiger partial charge in [-0.3, -0.25) is 4.98 Å². The summed E-state index contributed by atoms with van der Waals surface area (Å²) in [7, 11) is 0. The van der Waals surface area contributed by atoms with Crippen LogP contribution in [0, 0.1) is 11.3 Å². The molecule has 12 rings (SSSR count). The summed E-state index contributed by atoms with van der Waals surface area (Å²) in [5.74, 6) is 0. The second kappa shape index (κ2) is 10.7. The van der Waals surface area contributed by atoms with E-state index in [2.05, 4.69) is 111 Å². The van der Waals surface area contributed by atoms with Gasteiger partial charge in [-0.25, -0.2) is 0 Å². The van der Waals surface area contributed by atoms with Crippen molar-refractivity contribution in [2.45, 2.75) is 0 Å². The van der Waals surface area contributed by atoms with Crippen LogP contribution in [0.3, 0.4) is 0 Å². The molecule has 0 unspecified atom stereocenters. The normalized spacial score (nSPS) is 12.1. The van der Waals surface area contributed by atoms with Gasteiger partial charge in [0.1, 0.15) is 28.4 Å². The molecule has 54 heavy (non-hydrogen) atoms. The number of benzene rings is 7. The van der Waals surface area contributed by atoms with Gasteiger partial charge in [0.2, 0.25) is 0 Å². The van der Waals surface area contributed by atoms with E-state index < -0.39 is 0 Å². The van der Waals surface area contributed by atoms with Crippen LogP contribution in [0.25, 0.3) is 110 Å². The van der Waals surface area contributed by atoms with Gasteiger partial charge in [0.05, 0.1) is 49.8 Å². The highest BCUT2D eigenvalue weighted by molar-refractivity contribution is 6.25. The number of nitriles is 1. The van der Waals surface area contributed by atoms with Crippen LogP contribution < -0.4 is 0 Å². The van der Waals surface area contributed by atoms with Crippen LogP contribution in [0.15, 0.2) is 167 Å². The zero-order valence-corrected chi connectivity index (χ0v) is 28.6. The van der Waals surface area contributed by atoms with Gasteiger partial charge in [-0.2, -0.15) is 5.26 Å². The zero-order chi connectivity index (χ0) is 35.5. The minimum absolute atomic E-state index is 0.547. The Labute approximate surface area is 306 Å². The first-order valence-electron chi connectivity index (χ1n) is 17.9. The predicted octanol–water partition coefficient (Wildman–Crippen LogP) is 12.6. The number of nitrogens with zero attached hydrogens (tertiary/aromatic N) is 4. The first-order valence-corrected chi connectivity index (χ1v) is 17.9. The summed E-state index contributed by atoms with van der Waals surface area (Å²) in [4.78, 5) is 4.37. The Bertz CT molecular complexity index is 3570. The lowest BCUT2D eigenvalue weighted by atomic mass is 10.00. The average Bonchev–Trinajstić information content (AvgIpc) is 3.98. The number of hydrogen-bond acceptors (Lipinski definition) is 4. The third kappa shape index (κ3) is 3.79. The monoisotopic (exact) mass is 690 g/mol. The van der Waals surface area contributed by atoms with Crippen LogP contribution in [0.5, 0.6) is 0 Å². The maximum absolute atomic E-state index is 11.0. The fourth-order valence-electron chi connectivity index (χ4n) is 8.79. The van der Waals surface area contributed by atoms with E-state index >= 15 is 0 Å². The summed E-state index contributed by atoms with van der Waals surface area (Å²) < 4.78 is 17.7. The van der Waals surface area contributed by atoms with Crippen molar-refractivity contribution in [3.63, 3.8) is 0 Å². The van der Waals surface area contributed by atoms with Crippen molar-refractivity contribution in [1.82, 2.24) is 14.1 Å². The predicted molar refractivity (Wildman–Crippen MR) is 218 cm³/mol. The molecule has 5 aromatic heterocycles. The van der Waals surface area contributed by atoms with E-state index in [9.17, 15) is 5.26 Å². The third-order valence-corrected chi connectivity index (χ3v) is 11.1. The molecule has 0 fully saturated rings. The summed E-state index contributed by atoms with van der Waals surface area (Å²) in [5, 5.41) is 19.6. The van der Waals surface area contributed by atoms with E-state index in [0.29, 0.717) is 5.56 Å². The van der Waals surface area contributed by atoms with Crippen LogP contribution >= 0.6 is 0 Å². The van der Waals surface area contributed by atoms with Crippen LogP contribution in [0.1, 0.15) is 5.56 Å². The molecule has 6 heteroatoms. The Morgan fingerprint density at radius 3 is 1.52 bits per heavy atom. The fourth-order valence-corrected chi connectivity index (χ4v) is 8.79. The zero-order valence-electron chi connectivity index (χ0n) is 28.6. The SMILES string of the molecule is N#Cc1cc(-n2c3ccccc3c3c4oc5ccccc5c4ccc32)c(-c2ccncc2)cc1-n1c2ccccc2c2c3oc4ccccc4c3ccc21. The largest absolute Gasteiger partial charge is 0.455 e. The maximum atomic E-state index is 11.0. The molecule has 0 spiro atoms. The highest BCUT2D eigenvalue weighted by Crippen LogP contribution is 2.45. The minimum atomic E-state index is 0.547. The van der Waals surface area contributed by atoms with Gasteiger partial charge in [0, 0.05) is 50.3 Å². The molecule has 12 aromatic rings. The number of rotatable bonds is 3. The van der Waals surface area contributed by atoms with Gasteiger partial charge in [0.15, 0.2) is 0 Å². The molecular weight excluding hydrogens is 665 g/mol. The smallest absolute Gasteiger partial charge is 0.145 e. The molecule has 6 nitrogen and oxygen atoms in total. The number of furan rings is 2. The Hall–Kier alpha value is -7.62. The highest BCUT2D eigenvalue weighted by Gasteiger charge is 2.24. The van der Waals surface area contributed by atoms with E-state index in [1.165, 1.54) is 0 Å². The molecule has 0 aliphatic rings. The molecule has 5 heterocycles. The number of hydrogen-bond donors (Lipinski definition) is 0.